The number of nitrogens with two attached hydrogens (primary N) is 1. The smallest absolute Gasteiger partial charge is 0.234 e. The SMILES string of the molecule is CC(C)NCC(=O)NC1CCN(CC(N)=O)CC1. The van der Waals surface area contributed by atoms with Crippen molar-refractivity contribution in [3.63, 3.8) is 0 Å². The molecule has 4 N–H and O–H groups in total. The Bertz CT molecular complexity index is 286. The highest BCUT2D eigenvalue weighted by molar-refractivity contribution is 5.78. The second-order valence-electron chi connectivity index (χ2n) is 5.12. The number of carbonyl (C=O) groups excluding carboxylic acids is 2. The normalized spacial score (nSPS) is 17.9. The quantitative estimate of drug-likeness (QED) is 0.572. The number of carbonyl (C=O) groups is 2. The number of likely N-dealkylation sites (tertiary alicyclic amines) is 1. The van der Waals surface area contributed by atoms with Gasteiger partial charge in [-0.05, 0) is 12.8 Å². The summed E-state index contributed by atoms with van der Waals surface area (Å²) in [6.07, 6.45) is 1.75. The average Bonchev–Trinajstić information content (AvgIpc) is 2.28. The minimum Gasteiger partial charge on any atom is -0.369 e. The summed E-state index contributed by atoms with van der Waals surface area (Å²) in [5, 5.41) is 6.09. The number of amides is 2. The molecule has 2 amide bonds. The summed E-state index contributed by atoms with van der Waals surface area (Å²) in [5.74, 6) is -0.254. The van der Waals surface area contributed by atoms with Crippen LogP contribution in [0.2, 0.25) is 0 Å². The molecule has 6 nitrogen and oxygen atoms in total. The van der Waals surface area contributed by atoms with Gasteiger partial charge in [0.1, 0.15) is 0 Å². The first-order valence-corrected chi connectivity index (χ1v) is 6.50. The van der Waals surface area contributed by atoms with Gasteiger partial charge in [-0.2, -0.15) is 0 Å². The lowest BCUT2D eigenvalue weighted by Gasteiger charge is -2.31. The van der Waals surface area contributed by atoms with Crippen LogP contribution in [-0.2, 0) is 9.59 Å². The fraction of sp³-hybridized carbons (Fsp3) is 0.833. The molecule has 0 spiro atoms. The van der Waals surface area contributed by atoms with Gasteiger partial charge in [0, 0.05) is 25.2 Å². The van der Waals surface area contributed by atoms with E-state index < -0.39 is 0 Å². The minimum atomic E-state index is -0.293. The van der Waals surface area contributed by atoms with Crippen molar-refractivity contribution < 1.29 is 9.59 Å². The molecule has 0 aromatic heterocycles. The Morgan fingerprint density at radius 2 is 1.94 bits per heavy atom. The molecule has 1 rings (SSSR count). The van der Waals surface area contributed by atoms with Crippen LogP contribution in [0, 0.1) is 0 Å². The predicted molar refractivity (Wildman–Crippen MR) is 69.9 cm³/mol. The Kier molecular flexibility index (Phi) is 6.07. The Morgan fingerprint density at radius 3 is 2.44 bits per heavy atom. The van der Waals surface area contributed by atoms with Crippen LogP contribution in [0.4, 0.5) is 0 Å². The van der Waals surface area contributed by atoms with E-state index >= 15 is 0 Å². The molecule has 0 aliphatic carbocycles. The zero-order chi connectivity index (χ0) is 13.5. The first-order valence-electron chi connectivity index (χ1n) is 6.50. The number of primary amides is 1. The second kappa shape index (κ2) is 7.33. The zero-order valence-corrected chi connectivity index (χ0v) is 11.2. The van der Waals surface area contributed by atoms with Gasteiger partial charge in [0.2, 0.25) is 11.8 Å². The van der Waals surface area contributed by atoms with E-state index in [-0.39, 0.29) is 17.9 Å². The van der Waals surface area contributed by atoms with Gasteiger partial charge in [0.15, 0.2) is 0 Å². The molecule has 0 bridgehead atoms. The first kappa shape index (κ1) is 14.9. The minimum absolute atomic E-state index is 0.0389. The van der Waals surface area contributed by atoms with Crippen molar-refractivity contribution in [1.29, 1.82) is 0 Å². The largest absolute Gasteiger partial charge is 0.369 e. The second-order valence-corrected chi connectivity index (χ2v) is 5.12. The maximum Gasteiger partial charge on any atom is 0.234 e. The average molecular weight is 256 g/mol. The lowest BCUT2D eigenvalue weighted by atomic mass is 10.1. The van der Waals surface area contributed by atoms with Gasteiger partial charge in [0.05, 0.1) is 13.1 Å². The molecular weight excluding hydrogens is 232 g/mol. The predicted octanol–water partition coefficient (Wildman–Crippen LogP) is -0.950. The molecule has 1 heterocycles. The van der Waals surface area contributed by atoms with E-state index in [1.54, 1.807) is 0 Å². The molecule has 104 valence electrons. The van der Waals surface area contributed by atoms with Gasteiger partial charge in [0.25, 0.3) is 0 Å². The first-order chi connectivity index (χ1) is 8.47. The fourth-order valence-corrected chi connectivity index (χ4v) is 2.03. The van der Waals surface area contributed by atoms with Gasteiger partial charge in [-0.15, -0.1) is 0 Å². The van der Waals surface area contributed by atoms with Crippen LogP contribution in [0.25, 0.3) is 0 Å². The van der Waals surface area contributed by atoms with Crippen molar-refractivity contribution in [2.45, 2.75) is 38.8 Å². The molecule has 0 unspecified atom stereocenters. The topological polar surface area (TPSA) is 87.5 Å². The lowest BCUT2D eigenvalue weighted by Crippen LogP contribution is -2.48. The molecule has 1 saturated heterocycles. The van der Waals surface area contributed by atoms with Crippen molar-refractivity contribution in [3.05, 3.63) is 0 Å². The highest BCUT2D eigenvalue weighted by atomic mass is 16.2. The van der Waals surface area contributed by atoms with Crippen LogP contribution in [0.3, 0.4) is 0 Å². The highest BCUT2D eigenvalue weighted by Gasteiger charge is 2.21. The van der Waals surface area contributed by atoms with E-state index in [0.29, 0.717) is 19.1 Å². The summed E-state index contributed by atoms with van der Waals surface area (Å²) in [7, 11) is 0. The van der Waals surface area contributed by atoms with Crippen LogP contribution in [0.5, 0.6) is 0 Å². The number of nitrogens with zero attached hydrogens (tertiary/aromatic N) is 1. The summed E-state index contributed by atoms with van der Waals surface area (Å²) in [4.78, 5) is 24.4. The third kappa shape index (κ3) is 5.97. The molecule has 0 aromatic carbocycles. The van der Waals surface area contributed by atoms with Crippen LogP contribution in [0.15, 0.2) is 0 Å². The number of hydrogen-bond donors (Lipinski definition) is 3. The third-order valence-corrected chi connectivity index (χ3v) is 3.00. The molecule has 0 aromatic rings. The Morgan fingerprint density at radius 1 is 1.33 bits per heavy atom. The summed E-state index contributed by atoms with van der Waals surface area (Å²) in [6.45, 7) is 6.32. The lowest BCUT2D eigenvalue weighted by molar-refractivity contribution is -0.122. The number of hydrogen-bond acceptors (Lipinski definition) is 4. The molecule has 1 aliphatic heterocycles. The van der Waals surface area contributed by atoms with E-state index in [4.69, 9.17) is 5.73 Å². The molecule has 18 heavy (non-hydrogen) atoms. The maximum absolute atomic E-state index is 11.6. The fourth-order valence-electron chi connectivity index (χ4n) is 2.03. The summed E-state index contributed by atoms with van der Waals surface area (Å²) >= 11 is 0. The van der Waals surface area contributed by atoms with Gasteiger partial charge < -0.3 is 16.4 Å². The van der Waals surface area contributed by atoms with Crippen molar-refractivity contribution in [2.75, 3.05) is 26.2 Å². The van der Waals surface area contributed by atoms with Crippen molar-refractivity contribution in [2.24, 2.45) is 5.73 Å². The molecular formula is C12H24N4O2. The highest BCUT2D eigenvalue weighted by Crippen LogP contribution is 2.09. The third-order valence-electron chi connectivity index (χ3n) is 3.00. The van der Waals surface area contributed by atoms with E-state index in [2.05, 4.69) is 10.6 Å². The van der Waals surface area contributed by atoms with E-state index in [0.717, 1.165) is 25.9 Å². The van der Waals surface area contributed by atoms with Crippen molar-refractivity contribution in [3.8, 4) is 0 Å². The van der Waals surface area contributed by atoms with Gasteiger partial charge >= 0.3 is 0 Å². The maximum atomic E-state index is 11.6. The Balaban J connectivity index is 2.18. The number of nitrogens with one attached hydrogen (secondary N) is 2. The van der Waals surface area contributed by atoms with Gasteiger partial charge in [-0.3, -0.25) is 14.5 Å². The van der Waals surface area contributed by atoms with Crippen LogP contribution in [0.1, 0.15) is 26.7 Å². The molecule has 0 atom stereocenters. The van der Waals surface area contributed by atoms with E-state index in [9.17, 15) is 9.59 Å². The Labute approximate surface area is 108 Å². The van der Waals surface area contributed by atoms with Crippen molar-refractivity contribution in [1.82, 2.24) is 15.5 Å². The molecule has 1 fully saturated rings. The number of piperidine rings is 1. The van der Waals surface area contributed by atoms with Gasteiger partial charge in [-0.1, -0.05) is 13.8 Å². The molecule has 1 aliphatic rings. The molecule has 6 heteroatoms. The Hall–Kier alpha value is -1.14. The number of rotatable bonds is 6. The summed E-state index contributed by atoms with van der Waals surface area (Å²) in [6, 6.07) is 0.531. The monoisotopic (exact) mass is 256 g/mol. The summed E-state index contributed by atoms with van der Waals surface area (Å²) in [5.41, 5.74) is 5.15. The summed E-state index contributed by atoms with van der Waals surface area (Å²) < 4.78 is 0. The molecule has 0 radical (unpaired) electrons. The molecule has 0 saturated carbocycles. The standard InChI is InChI=1S/C12H24N4O2/c1-9(2)14-7-12(18)15-10-3-5-16(6-4-10)8-11(13)17/h9-10,14H,3-8H2,1-2H3,(H2,13,17)(H,15,18). The van der Waals surface area contributed by atoms with Crippen LogP contribution >= 0.6 is 0 Å². The van der Waals surface area contributed by atoms with E-state index in [1.807, 2.05) is 18.7 Å². The van der Waals surface area contributed by atoms with Crippen LogP contribution in [-0.4, -0.2) is 55.0 Å². The van der Waals surface area contributed by atoms with Gasteiger partial charge in [-0.25, -0.2) is 0 Å². The van der Waals surface area contributed by atoms with Crippen LogP contribution < -0.4 is 16.4 Å². The van der Waals surface area contributed by atoms with Crippen molar-refractivity contribution >= 4 is 11.8 Å². The van der Waals surface area contributed by atoms with E-state index in [1.165, 1.54) is 0 Å². The zero-order valence-electron chi connectivity index (χ0n) is 11.2.